The van der Waals surface area contributed by atoms with E-state index in [1.807, 2.05) is 0 Å². The Labute approximate surface area is 133 Å². The average molecular weight is 342 g/mol. The molecule has 1 atom stereocenters. The van der Waals surface area contributed by atoms with Crippen molar-refractivity contribution in [1.82, 2.24) is 9.97 Å². The lowest BCUT2D eigenvalue weighted by Crippen LogP contribution is -2.45. The molecule has 0 aromatic carbocycles. The van der Waals surface area contributed by atoms with Crippen molar-refractivity contribution >= 4 is 27.5 Å². The highest BCUT2D eigenvalue weighted by Crippen LogP contribution is 2.30. The molecule has 0 bridgehead atoms. The van der Waals surface area contributed by atoms with Crippen LogP contribution in [0.25, 0.3) is 0 Å². The van der Waals surface area contributed by atoms with E-state index in [1.165, 1.54) is 0 Å². The molecule has 1 aliphatic carbocycles. The topological polar surface area (TPSA) is 144 Å². The first-order valence-corrected chi connectivity index (χ1v) is 9.00. The maximum Gasteiger partial charge on any atom is 0.329 e. The average Bonchev–Trinajstić information content (AvgIpc) is 3.30. The van der Waals surface area contributed by atoms with Gasteiger partial charge in [-0.15, -0.1) is 0 Å². The smallest absolute Gasteiger partial charge is 0.329 e. The van der Waals surface area contributed by atoms with Crippen molar-refractivity contribution in [3.8, 4) is 0 Å². The third kappa shape index (κ3) is 3.67. The fraction of sp³-hybridized carbons (Fsp3) is 0.667. The lowest BCUT2D eigenvalue weighted by Gasteiger charge is -2.31. The van der Waals surface area contributed by atoms with E-state index in [9.17, 15) is 18.5 Å². The van der Waals surface area contributed by atoms with Crippen molar-refractivity contribution in [2.75, 3.05) is 23.3 Å². The zero-order valence-electron chi connectivity index (χ0n) is 12.4. The molecule has 126 valence electrons. The van der Waals surface area contributed by atoms with E-state index in [1.54, 1.807) is 4.90 Å². The van der Waals surface area contributed by atoms with E-state index in [-0.39, 0.29) is 30.0 Å². The minimum absolute atomic E-state index is 0.180. The van der Waals surface area contributed by atoms with Gasteiger partial charge >= 0.3 is 5.69 Å². The largest absolute Gasteiger partial charge is 0.361 e. The van der Waals surface area contributed by atoms with Crippen LogP contribution in [0, 0.1) is 10.1 Å². The summed E-state index contributed by atoms with van der Waals surface area (Å²) in [5.41, 5.74) is -0.180. The summed E-state index contributed by atoms with van der Waals surface area (Å²) in [7, 11) is -3.63. The molecule has 0 radical (unpaired) electrons. The quantitative estimate of drug-likeness (QED) is 0.571. The highest BCUT2D eigenvalue weighted by atomic mass is 32.2. The number of primary sulfonamides is 1. The number of nitrogens with one attached hydrogen (secondary N) is 1. The lowest BCUT2D eigenvalue weighted by molar-refractivity contribution is -0.384. The minimum atomic E-state index is -3.63. The molecule has 0 spiro atoms. The molecule has 1 saturated carbocycles. The molecule has 1 aromatic rings. The second-order valence-electron chi connectivity index (χ2n) is 5.88. The third-order valence-corrected chi connectivity index (χ3v) is 5.31. The standard InChI is InChI=1S/C12H18N6O4S/c13-23(21,22)9-2-1-5-17(7-9)12-14-6-10(18(19)20)11(16-12)15-8-3-4-8/h6,8-9H,1-5,7H2,(H2,13,21,22)(H,14,15,16). The molecule has 1 aliphatic heterocycles. The molecule has 2 fully saturated rings. The van der Waals surface area contributed by atoms with Gasteiger partial charge in [-0.1, -0.05) is 0 Å². The number of rotatable bonds is 5. The SMILES string of the molecule is NS(=O)(=O)C1CCCN(c2ncc([N+](=O)[O-])c(NC3CC3)n2)C1. The second kappa shape index (κ2) is 5.89. The molecular weight excluding hydrogens is 324 g/mol. The number of nitro groups is 1. The number of piperidine rings is 1. The van der Waals surface area contributed by atoms with Crippen molar-refractivity contribution in [3.63, 3.8) is 0 Å². The highest BCUT2D eigenvalue weighted by molar-refractivity contribution is 7.89. The molecule has 1 saturated heterocycles. The molecule has 10 nitrogen and oxygen atoms in total. The first kappa shape index (κ1) is 15.9. The van der Waals surface area contributed by atoms with Gasteiger partial charge in [0.2, 0.25) is 21.8 Å². The molecule has 3 rings (SSSR count). The van der Waals surface area contributed by atoms with Crippen molar-refractivity contribution < 1.29 is 13.3 Å². The summed E-state index contributed by atoms with van der Waals surface area (Å²) >= 11 is 0. The molecule has 1 aromatic heterocycles. The van der Waals surface area contributed by atoms with Crippen LogP contribution in [0.3, 0.4) is 0 Å². The highest BCUT2D eigenvalue weighted by Gasteiger charge is 2.31. The molecule has 3 N–H and O–H groups in total. The van der Waals surface area contributed by atoms with Gasteiger partial charge in [-0.05, 0) is 25.7 Å². The summed E-state index contributed by atoms with van der Waals surface area (Å²) in [6, 6.07) is 0.204. The number of aromatic nitrogens is 2. The van der Waals surface area contributed by atoms with Crippen molar-refractivity contribution in [2.24, 2.45) is 5.14 Å². The van der Waals surface area contributed by atoms with Crippen LogP contribution in [-0.4, -0.2) is 47.7 Å². The first-order chi connectivity index (χ1) is 10.8. The fourth-order valence-corrected chi connectivity index (χ4v) is 3.45. The van der Waals surface area contributed by atoms with E-state index in [2.05, 4.69) is 15.3 Å². The van der Waals surface area contributed by atoms with Crippen molar-refractivity contribution in [2.45, 2.75) is 37.0 Å². The van der Waals surface area contributed by atoms with E-state index in [0.717, 1.165) is 19.0 Å². The number of hydrogen-bond donors (Lipinski definition) is 2. The van der Waals surface area contributed by atoms with E-state index in [0.29, 0.717) is 19.4 Å². The van der Waals surface area contributed by atoms with Crippen LogP contribution in [0.2, 0.25) is 0 Å². The number of sulfonamides is 1. The number of hydrogen-bond acceptors (Lipinski definition) is 8. The Kier molecular flexibility index (Phi) is 4.06. The van der Waals surface area contributed by atoms with Gasteiger partial charge in [-0.25, -0.2) is 18.5 Å². The molecule has 11 heteroatoms. The molecule has 0 amide bonds. The number of nitrogens with zero attached hydrogens (tertiary/aromatic N) is 4. The molecular formula is C12H18N6O4S. The number of anilines is 2. The zero-order valence-corrected chi connectivity index (χ0v) is 13.2. The Hall–Kier alpha value is -2.01. The lowest BCUT2D eigenvalue weighted by atomic mass is 10.1. The summed E-state index contributed by atoms with van der Waals surface area (Å²) in [6.45, 7) is 0.784. The van der Waals surface area contributed by atoms with Gasteiger partial charge in [0.15, 0.2) is 0 Å². The molecule has 1 unspecified atom stereocenters. The van der Waals surface area contributed by atoms with Gasteiger partial charge in [0.1, 0.15) is 6.20 Å². The van der Waals surface area contributed by atoms with Gasteiger partial charge in [-0.2, -0.15) is 4.98 Å². The van der Waals surface area contributed by atoms with Gasteiger partial charge in [0, 0.05) is 19.1 Å². The van der Waals surface area contributed by atoms with Crippen LogP contribution < -0.4 is 15.4 Å². The summed E-state index contributed by atoms with van der Waals surface area (Å²) in [5, 5.41) is 18.6. The predicted octanol–water partition coefficient (Wildman–Crippen LogP) is 0.216. The maximum atomic E-state index is 11.5. The number of nitrogens with two attached hydrogens (primary N) is 1. The first-order valence-electron chi connectivity index (χ1n) is 7.39. The van der Waals surface area contributed by atoms with Crippen LogP contribution in [0.4, 0.5) is 17.5 Å². The van der Waals surface area contributed by atoms with Crippen LogP contribution >= 0.6 is 0 Å². The summed E-state index contributed by atoms with van der Waals surface area (Å²) in [5.74, 6) is 0.465. The Balaban J connectivity index is 1.85. The Morgan fingerprint density at radius 1 is 1.39 bits per heavy atom. The normalized spacial score (nSPS) is 22.0. The zero-order chi connectivity index (χ0) is 16.6. The third-order valence-electron chi connectivity index (χ3n) is 4.00. The van der Waals surface area contributed by atoms with Crippen molar-refractivity contribution in [3.05, 3.63) is 16.3 Å². The van der Waals surface area contributed by atoms with Gasteiger partial charge in [-0.3, -0.25) is 10.1 Å². The van der Waals surface area contributed by atoms with Gasteiger partial charge in [0.05, 0.1) is 10.2 Å². The summed E-state index contributed by atoms with van der Waals surface area (Å²) in [4.78, 5) is 20.5. The molecule has 23 heavy (non-hydrogen) atoms. The van der Waals surface area contributed by atoms with Crippen LogP contribution in [0.5, 0.6) is 0 Å². The Morgan fingerprint density at radius 2 is 2.13 bits per heavy atom. The fourth-order valence-electron chi connectivity index (χ4n) is 2.57. The van der Waals surface area contributed by atoms with Crippen LogP contribution in [0.15, 0.2) is 6.20 Å². The Morgan fingerprint density at radius 3 is 2.74 bits per heavy atom. The molecule has 2 aliphatic rings. The van der Waals surface area contributed by atoms with E-state index in [4.69, 9.17) is 5.14 Å². The van der Waals surface area contributed by atoms with Crippen LogP contribution in [0.1, 0.15) is 25.7 Å². The second-order valence-corrected chi connectivity index (χ2v) is 7.72. The Bertz CT molecular complexity index is 720. The van der Waals surface area contributed by atoms with E-state index < -0.39 is 20.2 Å². The van der Waals surface area contributed by atoms with Crippen molar-refractivity contribution in [1.29, 1.82) is 0 Å². The van der Waals surface area contributed by atoms with E-state index >= 15 is 0 Å². The van der Waals surface area contributed by atoms with Gasteiger partial charge in [0.25, 0.3) is 0 Å². The predicted molar refractivity (Wildman–Crippen MR) is 83.7 cm³/mol. The summed E-state index contributed by atoms with van der Waals surface area (Å²) in [6.07, 6.45) is 4.21. The minimum Gasteiger partial charge on any atom is -0.361 e. The molecule has 2 heterocycles. The maximum absolute atomic E-state index is 11.5. The van der Waals surface area contributed by atoms with Gasteiger partial charge < -0.3 is 10.2 Å². The monoisotopic (exact) mass is 342 g/mol. The van der Waals surface area contributed by atoms with Crippen LogP contribution in [-0.2, 0) is 10.0 Å². The summed E-state index contributed by atoms with van der Waals surface area (Å²) < 4.78 is 23.1.